The van der Waals surface area contributed by atoms with Crippen molar-refractivity contribution in [3.8, 4) is 17.2 Å². The number of rotatable bonds is 5. The molecule has 5 nitrogen and oxygen atoms in total. The number of nitrogens with one attached hydrogen (secondary N) is 1. The fourth-order valence-corrected chi connectivity index (χ4v) is 3.47. The van der Waals surface area contributed by atoms with Crippen LogP contribution in [-0.2, 0) is 6.54 Å². The molecule has 0 spiro atoms. The van der Waals surface area contributed by atoms with Gasteiger partial charge in [0, 0.05) is 23.8 Å². The third kappa shape index (κ3) is 3.60. The van der Waals surface area contributed by atoms with E-state index in [2.05, 4.69) is 23.4 Å². The Hall–Kier alpha value is -2.86. The van der Waals surface area contributed by atoms with Crippen LogP contribution in [0.15, 0.2) is 42.5 Å². The molecule has 6 heteroatoms. The Morgan fingerprint density at radius 2 is 1.79 bits per heavy atom. The Kier molecular flexibility index (Phi) is 5.05. The quantitative estimate of drug-likeness (QED) is 0.718. The molecule has 1 N–H and O–H groups in total. The van der Waals surface area contributed by atoms with Gasteiger partial charge < -0.3 is 14.8 Å². The third-order valence-electron chi connectivity index (χ3n) is 5.16. The molecule has 0 fully saturated rings. The predicted octanol–water partition coefficient (Wildman–Crippen LogP) is 4.25. The van der Waals surface area contributed by atoms with Gasteiger partial charge in [0.05, 0.1) is 11.4 Å². The van der Waals surface area contributed by atoms with E-state index < -0.39 is 0 Å². The minimum Gasteiger partial charge on any atom is -0.486 e. The van der Waals surface area contributed by atoms with Crippen LogP contribution in [-0.4, -0.2) is 23.0 Å². The highest BCUT2D eigenvalue weighted by Crippen LogP contribution is 2.32. The summed E-state index contributed by atoms with van der Waals surface area (Å²) in [6.07, 6.45) is 0. The molecule has 28 heavy (non-hydrogen) atoms. The largest absolute Gasteiger partial charge is 0.486 e. The van der Waals surface area contributed by atoms with Crippen LogP contribution in [0.3, 0.4) is 0 Å². The molecule has 1 aromatic heterocycles. The lowest BCUT2D eigenvalue weighted by Crippen LogP contribution is -2.20. The molecule has 2 aromatic carbocycles. The molecule has 0 radical (unpaired) electrons. The Bertz CT molecular complexity index is 982. The van der Waals surface area contributed by atoms with E-state index in [9.17, 15) is 4.39 Å². The van der Waals surface area contributed by atoms with Crippen LogP contribution in [0, 0.1) is 19.7 Å². The molecule has 4 rings (SSSR count). The van der Waals surface area contributed by atoms with Crippen LogP contribution in [0.4, 0.5) is 4.39 Å². The van der Waals surface area contributed by atoms with Gasteiger partial charge in [0.15, 0.2) is 11.5 Å². The molecule has 0 unspecified atom stereocenters. The molecule has 146 valence electrons. The van der Waals surface area contributed by atoms with Gasteiger partial charge in [-0.05, 0) is 62.7 Å². The Balaban J connectivity index is 1.49. The van der Waals surface area contributed by atoms with Crippen molar-refractivity contribution < 1.29 is 13.9 Å². The Morgan fingerprint density at radius 3 is 2.54 bits per heavy atom. The molecule has 0 amide bonds. The summed E-state index contributed by atoms with van der Waals surface area (Å²) in [7, 11) is 0. The lowest BCUT2D eigenvalue weighted by molar-refractivity contribution is 0.171. The van der Waals surface area contributed by atoms with Gasteiger partial charge in [-0.1, -0.05) is 6.07 Å². The average Bonchev–Trinajstić information content (AvgIpc) is 3.00. The summed E-state index contributed by atoms with van der Waals surface area (Å²) < 4.78 is 26.3. The van der Waals surface area contributed by atoms with Crippen molar-refractivity contribution in [3.05, 3.63) is 70.8 Å². The summed E-state index contributed by atoms with van der Waals surface area (Å²) in [5.41, 5.74) is 5.15. The summed E-state index contributed by atoms with van der Waals surface area (Å²) >= 11 is 0. The summed E-state index contributed by atoms with van der Waals surface area (Å²) in [4.78, 5) is 0. The van der Waals surface area contributed by atoms with Gasteiger partial charge in [-0.2, -0.15) is 5.10 Å². The van der Waals surface area contributed by atoms with Crippen LogP contribution in [0.25, 0.3) is 5.69 Å². The highest BCUT2D eigenvalue weighted by Gasteiger charge is 2.17. The molecule has 1 atom stereocenters. The van der Waals surface area contributed by atoms with Gasteiger partial charge >= 0.3 is 0 Å². The van der Waals surface area contributed by atoms with E-state index in [1.165, 1.54) is 12.1 Å². The highest BCUT2D eigenvalue weighted by molar-refractivity contribution is 5.44. The normalized spacial score (nSPS) is 14.1. The number of halogens is 1. The number of nitrogens with zero attached hydrogens (tertiary/aromatic N) is 2. The maximum absolute atomic E-state index is 13.2. The molecule has 0 aliphatic carbocycles. The van der Waals surface area contributed by atoms with Crippen LogP contribution in [0.5, 0.6) is 11.5 Å². The summed E-state index contributed by atoms with van der Waals surface area (Å²) in [6, 6.07) is 12.6. The fraction of sp³-hybridized carbons (Fsp3) is 0.318. The molecule has 0 bridgehead atoms. The van der Waals surface area contributed by atoms with E-state index >= 15 is 0 Å². The second-order valence-electron chi connectivity index (χ2n) is 7.04. The van der Waals surface area contributed by atoms with Crippen LogP contribution in [0.2, 0.25) is 0 Å². The molecule has 1 aliphatic heterocycles. The maximum atomic E-state index is 13.2. The first kappa shape index (κ1) is 18.5. The first-order valence-electron chi connectivity index (χ1n) is 9.47. The maximum Gasteiger partial charge on any atom is 0.161 e. The van der Waals surface area contributed by atoms with Crippen LogP contribution >= 0.6 is 0 Å². The van der Waals surface area contributed by atoms with Crippen molar-refractivity contribution in [1.82, 2.24) is 15.1 Å². The minimum absolute atomic E-state index is 0.142. The molecule has 3 aromatic rings. The Morgan fingerprint density at radius 1 is 1.07 bits per heavy atom. The number of hydrogen-bond acceptors (Lipinski definition) is 4. The van der Waals surface area contributed by atoms with Crippen molar-refractivity contribution in [3.63, 3.8) is 0 Å². The zero-order valence-electron chi connectivity index (χ0n) is 16.3. The topological polar surface area (TPSA) is 48.3 Å². The standard InChI is InChI=1S/C22H24FN3O2/c1-14(17-4-9-21-22(12-17)28-11-10-27-21)24-13-20-15(2)25-26(16(20)3)19-7-5-18(23)6-8-19/h4-9,12,14,24H,10-11,13H2,1-3H3/t14-/m1/s1. The molecule has 0 saturated carbocycles. The fourth-order valence-electron chi connectivity index (χ4n) is 3.47. The number of benzene rings is 2. The lowest BCUT2D eigenvalue weighted by Gasteiger charge is -2.21. The second kappa shape index (κ2) is 7.64. The van der Waals surface area contributed by atoms with E-state index in [0.29, 0.717) is 19.8 Å². The minimum atomic E-state index is -0.250. The van der Waals surface area contributed by atoms with Gasteiger partial charge in [-0.25, -0.2) is 9.07 Å². The Labute approximate surface area is 164 Å². The molecular weight excluding hydrogens is 357 g/mol. The molecular formula is C22H24FN3O2. The van der Waals surface area contributed by atoms with E-state index in [1.54, 1.807) is 12.1 Å². The second-order valence-corrected chi connectivity index (χ2v) is 7.04. The van der Waals surface area contributed by atoms with Crippen LogP contribution < -0.4 is 14.8 Å². The van der Waals surface area contributed by atoms with Crippen molar-refractivity contribution in [2.75, 3.05) is 13.2 Å². The van der Waals surface area contributed by atoms with Gasteiger partial charge in [-0.3, -0.25) is 0 Å². The smallest absolute Gasteiger partial charge is 0.161 e. The summed E-state index contributed by atoms with van der Waals surface area (Å²) in [5.74, 6) is 1.35. The van der Waals surface area contributed by atoms with Gasteiger partial charge in [0.25, 0.3) is 0 Å². The lowest BCUT2D eigenvalue weighted by atomic mass is 10.1. The first-order valence-corrected chi connectivity index (χ1v) is 9.47. The summed E-state index contributed by atoms with van der Waals surface area (Å²) in [6.45, 7) is 8.03. The summed E-state index contributed by atoms with van der Waals surface area (Å²) in [5, 5.41) is 8.20. The van der Waals surface area contributed by atoms with E-state index in [0.717, 1.165) is 39.7 Å². The zero-order chi connectivity index (χ0) is 19.7. The van der Waals surface area contributed by atoms with Crippen molar-refractivity contribution in [1.29, 1.82) is 0 Å². The number of aromatic nitrogens is 2. The SMILES string of the molecule is Cc1nn(-c2ccc(F)cc2)c(C)c1CN[C@H](C)c1ccc2c(c1)OCCO2. The average molecular weight is 381 g/mol. The third-order valence-corrected chi connectivity index (χ3v) is 5.16. The molecule has 2 heterocycles. The number of fused-ring (bicyclic) bond motifs is 1. The van der Waals surface area contributed by atoms with Crippen molar-refractivity contribution in [2.24, 2.45) is 0 Å². The monoisotopic (exact) mass is 381 g/mol. The van der Waals surface area contributed by atoms with Crippen molar-refractivity contribution >= 4 is 0 Å². The van der Waals surface area contributed by atoms with Crippen LogP contribution in [0.1, 0.15) is 35.5 Å². The van der Waals surface area contributed by atoms with Gasteiger partial charge in [0.2, 0.25) is 0 Å². The van der Waals surface area contributed by atoms with E-state index in [1.807, 2.05) is 30.7 Å². The number of hydrogen-bond donors (Lipinski definition) is 1. The number of ether oxygens (including phenoxy) is 2. The van der Waals surface area contributed by atoms with E-state index in [-0.39, 0.29) is 11.9 Å². The molecule has 0 saturated heterocycles. The van der Waals surface area contributed by atoms with Gasteiger partial charge in [0.1, 0.15) is 19.0 Å². The number of aryl methyl sites for hydroxylation is 1. The first-order chi connectivity index (χ1) is 13.5. The molecule has 1 aliphatic rings. The van der Waals surface area contributed by atoms with Crippen molar-refractivity contribution in [2.45, 2.75) is 33.4 Å². The van der Waals surface area contributed by atoms with E-state index in [4.69, 9.17) is 9.47 Å². The predicted molar refractivity (Wildman–Crippen MR) is 106 cm³/mol. The zero-order valence-corrected chi connectivity index (χ0v) is 16.3. The van der Waals surface area contributed by atoms with Gasteiger partial charge in [-0.15, -0.1) is 0 Å². The highest BCUT2D eigenvalue weighted by atomic mass is 19.1.